The predicted molar refractivity (Wildman–Crippen MR) is 90.7 cm³/mol. The van der Waals surface area contributed by atoms with Gasteiger partial charge >= 0.3 is 8.60 Å². The Morgan fingerprint density at radius 1 is 0.682 bits per heavy atom. The summed E-state index contributed by atoms with van der Waals surface area (Å²) in [6, 6.07) is 20.6. The van der Waals surface area contributed by atoms with Gasteiger partial charge in [0, 0.05) is 0 Å². The molecule has 118 valence electrons. The van der Waals surface area contributed by atoms with Gasteiger partial charge < -0.3 is 13.6 Å². The molecule has 0 aliphatic heterocycles. The van der Waals surface area contributed by atoms with Gasteiger partial charge in [-0.2, -0.15) is 0 Å². The molecule has 0 aromatic heterocycles. The fraction of sp³-hybridized carbons (Fsp3) is 0.333. The summed E-state index contributed by atoms with van der Waals surface area (Å²) < 4.78 is 17.0. The van der Waals surface area contributed by atoms with Crippen LogP contribution in [0.5, 0.6) is 0 Å². The lowest BCUT2D eigenvalue weighted by Gasteiger charge is -2.16. The molecular weight excluding hydrogens is 295 g/mol. The summed E-state index contributed by atoms with van der Waals surface area (Å²) in [6.45, 7) is 3.78. The highest BCUT2D eigenvalue weighted by atomic mass is 31.2. The molecule has 2 aromatic carbocycles. The molecule has 2 aromatic rings. The van der Waals surface area contributed by atoms with E-state index in [2.05, 4.69) is 24.3 Å². The summed E-state index contributed by atoms with van der Waals surface area (Å²) in [5.74, 6) is 0. The number of rotatable bonds is 10. The number of benzene rings is 2. The van der Waals surface area contributed by atoms with E-state index >= 15 is 0 Å². The van der Waals surface area contributed by atoms with Gasteiger partial charge in [-0.1, -0.05) is 60.7 Å². The fourth-order valence-electron chi connectivity index (χ4n) is 1.98. The standard InChI is InChI=1S/C18H23O3P/c1-2-19-22(20-15-13-17-9-5-3-6-10-17)21-16-14-18-11-7-4-8-12-18/h3-12H,2,13-16H2,1H3. The third kappa shape index (κ3) is 6.67. The molecular formula is C18H23O3P. The van der Waals surface area contributed by atoms with Crippen molar-refractivity contribution in [2.24, 2.45) is 0 Å². The Hall–Kier alpha value is -1.25. The van der Waals surface area contributed by atoms with E-state index < -0.39 is 8.60 Å². The summed E-state index contributed by atoms with van der Waals surface area (Å²) in [5.41, 5.74) is 2.52. The zero-order chi connectivity index (χ0) is 15.5. The molecule has 0 saturated carbocycles. The molecule has 0 fully saturated rings. The third-order valence-corrected chi connectivity index (χ3v) is 4.35. The fourth-order valence-corrected chi connectivity index (χ4v) is 2.90. The molecule has 2 rings (SSSR count). The second-order valence-electron chi connectivity index (χ2n) is 4.78. The van der Waals surface area contributed by atoms with Crippen LogP contribution in [0.3, 0.4) is 0 Å². The first-order valence-corrected chi connectivity index (χ1v) is 8.74. The van der Waals surface area contributed by atoms with Crippen LogP contribution in [-0.4, -0.2) is 19.8 Å². The Labute approximate surface area is 134 Å². The second kappa shape index (κ2) is 10.5. The van der Waals surface area contributed by atoms with Crippen molar-refractivity contribution in [2.75, 3.05) is 19.8 Å². The molecule has 0 aliphatic rings. The molecule has 0 atom stereocenters. The van der Waals surface area contributed by atoms with Crippen LogP contribution in [0.25, 0.3) is 0 Å². The topological polar surface area (TPSA) is 27.7 Å². The molecule has 22 heavy (non-hydrogen) atoms. The van der Waals surface area contributed by atoms with E-state index in [1.165, 1.54) is 11.1 Å². The average molecular weight is 318 g/mol. The third-order valence-electron chi connectivity index (χ3n) is 3.10. The molecule has 4 heteroatoms. The first kappa shape index (κ1) is 17.1. The van der Waals surface area contributed by atoms with Gasteiger partial charge in [0.15, 0.2) is 0 Å². The Balaban J connectivity index is 1.68. The van der Waals surface area contributed by atoms with Crippen molar-refractivity contribution in [3.63, 3.8) is 0 Å². The van der Waals surface area contributed by atoms with E-state index in [-0.39, 0.29) is 0 Å². The monoisotopic (exact) mass is 318 g/mol. The van der Waals surface area contributed by atoms with Crippen LogP contribution in [0.4, 0.5) is 0 Å². The van der Waals surface area contributed by atoms with Crippen molar-refractivity contribution >= 4 is 8.60 Å². The summed E-state index contributed by atoms with van der Waals surface area (Å²) in [4.78, 5) is 0. The van der Waals surface area contributed by atoms with E-state index in [0.717, 1.165) is 12.8 Å². The number of hydrogen-bond donors (Lipinski definition) is 0. The van der Waals surface area contributed by atoms with Gasteiger partial charge in [-0.25, -0.2) is 0 Å². The van der Waals surface area contributed by atoms with Gasteiger partial charge in [0.2, 0.25) is 0 Å². The Morgan fingerprint density at radius 3 is 1.55 bits per heavy atom. The van der Waals surface area contributed by atoms with Gasteiger partial charge in [0.05, 0.1) is 19.8 Å². The van der Waals surface area contributed by atoms with Crippen molar-refractivity contribution in [1.29, 1.82) is 0 Å². The molecule has 0 amide bonds. The van der Waals surface area contributed by atoms with Crippen molar-refractivity contribution in [3.05, 3.63) is 71.8 Å². The van der Waals surface area contributed by atoms with Crippen LogP contribution in [0.1, 0.15) is 18.1 Å². The van der Waals surface area contributed by atoms with Crippen LogP contribution in [0, 0.1) is 0 Å². The summed E-state index contributed by atoms with van der Waals surface area (Å²) in [6.07, 6.45) is 1.74. The summed E-state index contributed by atoms with van der Waals surface area (Å²) in [5, 5.41) is 0. The molecule has 0 unspecified atom stereocenters. The van der Waals surface area contributed by atoms with Crippen LogP contribution in [0.2, 0.25) is 0 Å². The van der Waals surface area contributed by atoms with Crippen molar-refractivity contribution in [2.45, 2.75) is 19.8 Å². The van der Waals surface area contributed by atoms with Crippen molar-refractivity contribution in [1.82, 2.24) is 0 Å². The van der Waals surface area contributed by atoms with E-state index in [1.54, 1.807) is 0 Å². The lowest BCUT2D eigenvalue weighted by atomic mass is 10.2. The maximum Gasteiger partial charge on any atom is 0.332 e. The van der Waals surface area contributed by atoms with Crippen molar-refractivity contribution in [3.8, 4) is 0 Å². The highest BCUT2D eigenvalue weighted by Crippen LogP contribution is 2.39. The SMILES string of the molecule is CCOP(OCCc1ccccc1)OCCc1ccccc1. The minimum absolute atomic E-state index is 0.600. The molecule has 0 heterocycles. The molecule has 0 saturated heterocycles. The Bertz CT molecular complexity index is 459. The lowest BCUT2D eigenvalue weighted by molar-refractivity contribution is 0.167. The maximum absolute atomic E-state index is 5.74. The summed E-state index contributed by atoms with van der Waals surface area (Å²) in [7, 11) is -1.25. The number of hydrogen-bond acceptors (Lipinski definition) is 3. The maximum atomic E-state index is 5.74. The minimum Gasteiger partial charge on any atom is -0.313 e. The van der Waals surface area contributed by atoms with Gasteiger partial charge in [0.1, 0.15) is 0 Å². The smallest absolute Gasteiger partial charge is 0.313 e. The lowest BCUT2D eigenvalue weighted by Crippen LogP contribution is -2.02. The van der Waals surface area contributed by atoms with Gasteiger partial charge in [-0.05, 0) is 30.9 Å². The molecule has 0 radical (unpaired) electrons. The van der Waals surface area contributed by atoms with Crippen LogP contribution in [-0.2, 0) is 26.4 Å². The van der Waals surface area contributed by atoms with E-state index in [1.807, 2.05) is 43.3 Å². The largest absolute Gasteiger partial charge is 0.332 e. The zero-order valence-corrected chi connectivity index (χ0v) is 13.9. The zero-order valence-electron chi connectivity index (χ0n) is 13.0. The predicted octanol–water partition coefficient (Wildman–Crippen LogP) is 4.77. The van der Waals surface area contributed by atoms with Crippen LogP contribution in [0.15, 0.2) is 60.7 Å². The Morgan fingerprint density at radius 2 is 1.14 bits per heavy atom. The molecule has 0 aliphatic carbocycles. The molecule has 0 N–H and O–H groups in total. The summed E-state index contributed by atoms with van der Waals surface area (Å²) >= 11 is 0. The van der Waals surface area contributed by atoms with Crippen LogP contribution < -0.4 is 0 Å². The van der Waals surface area contributed by atoms with Crippen LogP contribution >= 0.6 is 8.60 Å². The normalized spacial score (nSPS) is 11.0. The highest BCUT2D eigenvalue weighted by Gasteiger charge is 2.11. The van der Waals surface area contributed by atoms with Gasteiger partial charge in [-0.3, -0.25) is 0 Å². The van der Waals surface area contributed by atoms with Gasteiger partial charge in [0.25, 0.3) is 0 Å². The highest BCUT2D eigenvalue weighted by molar-refractivity contribution is 7.41. The molecule has 0 bridgehead atoms. The van der Waals surface area contributed by atoms with Gasteiger partial charge in [-0.15, -0.1) is 0 Å². The molecule has 0 spiro atoms. The van der Waals surface area contributed by atoms with E-state index in [9.17, 15) is 0 Å². The Kier molecular flexibility index (Phi) is 8.14. The first-order valence-electron chi connectivity index (χ1n) is 7.65. The molecule has 3 nitrogen and oxygen atoms in total. The first-order chi connectivity index (χ1) is 10.9. The van der Waals surface area contributed by atoms with E-state index in [4.69, 9.17) is 13.6 Å². The second-order valence-corrected chi connectivity index (χ2v) is 6.00. The quantitative estimate of drug-likeness (QED) is 0.591. The minimum atomic E-state index is -1.25. The van der Waals surface area contributed by atoms with Crippen molar-refractivity contribution < 1.29 is 13.6 Å². The van der Waals surface area contributed by atoms with E-state index in [0.29, 0.717) is 19.8 Å². The average Bonchev–Trinajstić information content (AvgIpc) is 2.57.